The summed E-state index contributed by atoms with van der Waals surface area (Å²) in [6.07, 6.45) is 3.08. The van der Waals surface area contributed by atoms with E-state index in [1.54, 1.807) is 25.1 Å². The number of carbonyl (C=O) groups excluding carboxylic acids is 1. The van der Waals surface area contributed by atoms with Crippen LogP contribution in [-0.2, 0) is 11.2 Å². The second kappa shape index (κ2) is 9.54. The predicted molar refractivity (Wildman–Crippen MR) is 110 cm³/mol. The van der Waals surface area contributed by atoms with Gasteiger partial charge in [0.2, 0.25) is 5.76 Å². The minimum Gasteiger partial charge on any atom is -0.481 e. The summed E-state index contributed by atoms with van der Waals surface area (Å²) in [6.45, 7) is 1.58. The molecule has 3 rings (SSSR count). The lowest BCUT2D eigenvalue weighted by molar-refractivity contribution is -0.141. The largest absolute Gasteiger partial charge is 0.481 e. The van der Waals surface area contributed by atoms with E-state index in [0.29, 0.717) is 22.6 Å². The molecule has 2 aromatic carbocycles. The summed E-state index contributed by atoms with van der Waals surface area (Å²) in [5.74, 6) is -2.38. The Hall–Kier alpha value is -3.19. The lowest BCUT2D eigenvalue weighted by atomic mass is 9.94. The van der Waals surface area contributed by atoms with E-state index in [-0.39, 0.29) is 18.0 Å². The summed E-state index contributed by atoms with van der Waals surface area (Å²) >= 11 is 5.96. The summed E-state index contributed by atoms with van der Waals surface area (Å²) in [7, 11) is 0. The molecule has 1 aromatic heterocycles. The molecule has 8 heteroatoms. The molecule has 2 atom stereocenters. The number of oxazole rings is 1. The lowest BCUT2D eigenvalue weighted by Gasteiger charge is -2.20. The molecule has 0 radical (unpaired) electrons. The molecule has 2 N–H and O–H groups in total. The molecular formula is C22H20ClFN2O4. The molecule has 1 unspecified atom stereocenters. The van der Waals surface area contributed by atoms with Crippen molar-refractivity contribution in [3.05, 3.63) is 77.2 Å². The number of carboxylic acid groups (broad SMARTS) is 1. The number of carboxylic acids is 1. The van der Waals surface area contributed by atoms with Crippen LogP contribution >= 0.6 is 11.6 Å². The van der Waals surface area contributed by atoms with E-state index in [9.17, 15) is 19.1 Å². The Bertz CT molecular complexity index is 1020. The summed E-state index contributed by atoms with van der Waals surface area (Å²) in [5.41, 5.74) is 1.92. The van der Waals surface area contributed by atoms with Gasteiger partial charge in [-0.25, -0.2) is 9.37 Å². The molecule has 1 heterocycles. The molecule has 0 aliphatic heterocycles. The van der Waals surface area contributed by atoms with Crippen molar-refractivity contribution >= 4 is 23.5 Å². The molecule has 0 spiro atoms. The van der Waals surface area contributed by atoms with Gasteiger partial charge in [0.15, 0.2) is 6.39 Å². The molecule has 1 amide bonds. The van der Waals surface area contributed by atoms with Crippen molar-refractivity contribution in [1.82, 2.24) is 10.3 Å². The Kier molecular flexibility index (Phi) is 6.84. The number of benzene rings is 2. The van der Waals surface area contributed by atoms with Crippen molar-refractivity contribution < 1.29 is 23.5 Å². The first-order chi connectivity index (χ1) is 14.3. The monoisotopic (exact) mass is 430 g/mol. The number of carbonyl (C=O) groups is 2. The zero-order chi connectivity index (χ0) is 21.7. The highest BCUT2D eigenvalue weighted by atomic mass is 35.5. The minimum atomic E-state index is -0.944. The second-order valence-electron chi connectivity index (χ2n) is 7.04. The first-order valence-corrected chi connectivity index (χ1v) is 9.68. The number of hydrogen-bond acceptors (Lipinski definition) is 4. The van der Waals surface area contributed by atoms with E-state index in [1.165, 1.54) is 18.3 Å². The predicted octanol–water partition coefficient (Wildman–Crippen LogP) is 4.59. The molecular weight excluding hydrogens is 411 g/mol. The standard InChI is InChI=1S/C22H20ClFN2O4/c1-13(22(28)29)8-17(26-21(27)20-11-25-12-30-20)9-14-2-4-15(5-3-14)18-10-16(23)6-7-19(18)24/h2-7,10-13,17H,8-9H2,1H3,(H,26,27)(H,28,29)/t13-,17?/m1/s1. The van der Waals surface area contributed by atoms with Crippen molar-refractivity contribution in [2.75, 3.05) is 0 Å². The quantitative estimate of drug-likeness (QED) is 0.545. The second-order valence-corrected chi connectivity index (χ2v) is 7.47. The number of nitrogens with one attached hydrogen (secondary N) is 1. The molecule has 0 bridgehead atoms. The van der Waals surface area contributed by atoms with E-state index in [1.807, 2.05) is 12.1 Å². The number of halogens is 2. The molecule has 0 aliphatic carbocycles. The highest BCUT2D eigenvalue weighted by Crippen LogP contribution is 2.26. The van der Waals surface area contributed by atoms with Crippen LogP contribution in [0, 0.1) is 11.7 Å². The minimum absolute atomic E-state index is 0.0507. The van der Waals surface area contributed by atoms with Gasteiger partial charge in [-0.05, 0) is 42.2 Å². The van der Waals surface area contributed by atoms with Gasteiger partial charge in [-0.1, -0.05) is 42.8 Å². The van der Waals surface area contributed by atoms with Gasteiger partial charge in [-0.2, -0.15) is 0 Å². The number of nitrogens with zero attached hydrogens (tertiary/aromatic N) is 1. The van der Waals surface area contributed by atoms with Crippen LogP contribution in [0.3, 0.4) is 0 Å². The van der Waals surface area contributed by atoms with Gasteiger partial charge < -0.3 is 14.8 Å². The van der Waals surface area contributed by atoms with Crippen LogP contribution in [0.1, 0.15) is 29.5 Å². The smallest absolute Gasteiger partial charge is 0.306 e. The van der Waals surface area contributed by atoms with Crippen LogP contribution in [0.15, 0.2) is 59.5 Å². The number of amides is 1. The number of aliphatic carboxylic acids is 1. The zero-order valence-corrected chi connectivity index (χ0v) is 16.9. The van der Waals surface area contributed by atoms with Crippen LogP contribution in [0.25, 0.3) is 11.1 Å². The first kappa shape index (κ1) is 21.5. The van der Waals surface area contributed by atoms with Crippen LogP contribution in [0.4, 0.5) is 4.39 Å². The Morgan fingerprint density at radius 1 is 1.23 bits per heavy atom. The molecule has 3 aromatic rings. The third-order valence-electron chi connectivity index (χ3n) is 4.73. The Balaban J connectivity index is 1.76. The molecule has 0 aliphatic rings. The normalized spacial score (nSPS) is 12.9. The summed E-state index contributed by atoms with van der Waals surface area (Å²) < 4.78 is 19.1. The third kappa shape index (κ3) is 5.45. The van der Waals surface area contributed by atoms with E-state index < -0.39 is 23.8 Å². The molecule has 30 heavy (non-hydrogen) atoms. The van der Waals surface area contributed by atoms with Gasteiger partial charge in [0.05, 0.1) is 12.1 Å². The van der Waals surface area contributed by atoms with Gasteiger partial charge in [0, 0.05) is 16.6 Å². The van der Waals surface area contributed by atoms with Crippen molar-refractivity contribution in [2.24, 2.45) is 5.92 Å². The summed E-state index contributed by atoms with van der Waals surface area (Å²) in [5, 5.41) is 12.5. The van der Waals surface area contributed by atoms with Gasteiger partial charge >= 0.3 is 5.97 Å². The topological polar surface area (TPSA) is 92.4 Å². The van der Waals surface area contributed by atoms with E-state index in [0.717, 1.165) is 12.0 Å². The third-order valence-corrected chi connectivity index (χ3v) is 4.96. The van der Waals surface area contributed by atoms with Gasteiger partial charge in [0.1, 0.15) is 5.82 Å². The Morgan fingerprint density at radius 2 is 1.97 bits per heavy atom. The fourth-order valence-corrected chi connectivity index (χ4v) is 3.30. The van der Waals surface area contributed by atoms with E-state index >= 15 is 0 Å². The fraction of sp³-hybridized carbons (Fsp3) is 0.227. The molecule has 0 fully saturated rings. The molecule has 0 saturated carbocycles. The van der Waals surface area contributed by atoms with Crippen LogP contribution < -0.4 is 5.32 Å². The molecule has 0 saturated heterocycles. The van der Waals surface area contributed by atoms with Gasteiger partial charge in [0.25, 0.3) is 5.91 Å². The van der Waals surface area contributed by atoms with Crippen molar-refractivity contribution in [3.63, 3.8) is 0 Å². The average Bonchev–Trinajstić information content (AvgIpc) is 3.25. The number of hydrogen-bond donors (Lipinski definition) is 2. The van der Waals surface area contributed by atoms with Crippen molar-refractivity contribution in [1.29, 1.82) is 0 Å². The van der Waals surface area contributed by atoms with Crippen molar-refractivity contribution in [3.8, 4) is 11.1 Å². The fourth-order valence-electron chi connectivity index (χ4n) is 3.13. The van der Waals surface area contributed by atoms with Crippen molar-refractivity contribution in [2.45, 2.75) is 25.8 Å². The maximum Gasteiger partial charge on any atom is 0.306 e. The maximum atomic E-state index is 14.1. The number of rotatable bonds is 8. The van der Waals surface area contributed by atoms with Gasteiger partial charge in [-0.15, -0.1) is 0 Å². The first-order valence-electron chi connectivity index (χ1n) is 9.30. The van der Waals surface area contributed by atoms with E-state index in [4.69, 9.17) is 16.0 Å². The van der Waals surface area contributed by atoms with Crippen LogP contribution in [-0.4, -0.2) is 28.0 Å². The summed E-state index contributed by atoms with van der Waals surface area (Å²) in [6, 6.07) is 11.1. The lowest BCUT2D eigenvalue weighted by Crippen LogP contribution is -2.38. The SMILES string of the molecule is C[C@H](CC(Cc1ccc(-c2cc(Cl)ccc2F)cc1)NC(=O)c1cnco1)C(=O)O. The molecule has 6 nitrogen and oxygen atoms in total. The Labute approximate surface area is 177 Å². The van der Waals surface area contributed by atoms with Crippen LogP contribution in [0.5, 0.6) is 0 Å². The van der Waals surface area contributed by atoms with E-state index in [2.05, 4.69) is 10.3 Å². The maximum absolute atomic E-state index is 14.1. The number of aromatic nitrogens is 1. The van der Waals surface area contributed by atoms with Gasteiger partial charge in [-0.3, -0.25) is 9.59 Å². The Morgan fingerprint density at radius 3 is 2.60 bits per heavy atom. The highest BCUT2D eigenvalue weighted by Gasteiger charge is 2.22. The average molecular weight is 431 g/mol. The van der Waals surface area contributed by atoms with Crippen LogP contribution in [0.2, 0.25) is 5.02 Å². The zero-order valence-electron chi connectivity index (χ0n) is 16.1. The molecule has 156 valence electrons. The summed E-state index contributed by atoms with van der Waals surface area (Å²) in [4.78, 5) is 27.3. The highest BCUT2D eigenvalue weighted by molar-refractivity contribution is 6.30.